The summed E-state index contributed by atoms with van der Waals surface area (Å²) in [5.74, 6) is -4.03. The first kappa shape index (κ1) is 19.8. The number of hydrogen-bond donors (Lipinski definition) is 3. The number of amides is 3. The normalized spacial score (nSPS) is 30.7. The molecule has 29 heavy (non-hydrogen) atoms. The van der Waals surface area contributed by atoms with Crippen molar-refractivity contribution in [3.05, 3.63) is 28.8 Å². The summed E-state index contributed by atoms with van der Waals surface area (Å²) in [6, 6.07) is 4.29. The SMILES string of the molecule is CC(C)(C)N1C(=O)[C@@H]2[C@H](CCC(=O)O)N[C@]3(C(=O)Nc4ccc(Cl)cc43)[C@H]2C1=O. The highest BCUT2D eigenvalue weighted by molar-refractivity contribution is 6.31. The maximum atomic E-state index is 13.5. The van der Waals surface area contributed by atoms with Gasteiger partial charge in [-0.1, -0.05) is 11.6 Å². The maximum Gasteiger partial charge on any atom is 0.303 e. The van der Waals surface area contributed by atoms with Crippen LogP contribution in [0.5, 0.6) is 0 Å². The third-order valence-electron chi connectivity index (χ3n) is 6.02. The Balaban J connectivity index is 1.88. The second kappa shape index (κ2) is 6.27. The number of aliphatic carboxylic acids is 1. The van der Waals surface area contributed by atoms with E-state index in [0.717, 1.165) is 0 Å². The van der Waals surface area contributed by atoms with E-state index in [-0.39, 0.29) is 18.7 Å². The fourth-order valence-electron chi connectivity index (χ4n) is 4.96. The van der Waals surface area contributed by atoms with Crippen LogP contribution in [0.15, 0.2) is 18.2 Å². The second-order valence-corrected chi connectivity index (χ2v) is 9.26. The molecule has 3 amide bonds. The molecule has 0 radical (unpaired) electrons. The van der Waals surface area contributed by atoms with Crippen molar-refractivity contribution in [1.29, 1.82) is 0 Å². The molecule has 3 aliphatic heterocycles. The Bertz CT molecular complexity index is 956. The van der Waals surface area contributed by atoms with E-state index in [4.69, 9.17) is 16.7 Å². The number of anilines is 1. The number of fused-ring (bicyclic) bond motifs is 4. The lowest BCUT2D eigenvalue weighted by Crippen LogP contribution is -2.55. The van der Waals surface area contributed by atoms with Crippen LogP contribution in [0.1, 0.15) is 39.2 Å². The third-order valence-corrected chi connectivity index (χ3v) is 6.25. The average molecular weight is 420 g/mol. The minimum Gasteiger partial charge on any atom is -0.481 e. The summed E-state index contributed by atoms with van der Waals surface area (Å²) in [5, 5.41) is 15.5. The molecule has 3 aliphatic rings. The number of nitrogens with zero attached hydrogens (tertiary/aromatic N) is 1. The highest BCUT2D eigenvalue weighted by Gasteiger charge is 2.71. The molecule has 4 rings (SSSR count). The highest BCUT2D eigenvalue weighted by Crippen LogP contribution is 2.54. The molecule has 2 fully saturated rings. The van der Waals surface area contributed by atoms with Crippen molar-refractivity contribution in [2.24, 2.45) is 11.8 Å². The molecule has 0 saturated carbocycles. The Hall–Kier alpha value is -2.45. The van der Waals surface area contributed by atoms with E-state index < -0.39 is 46.7 Å². The smallest absolute Gasteiger partial charge is 0.303 e. The first-order valence-electron chi connectivity index (χ1n) is 9.47. The van der Waals surface area contributed by atoms with Gasteiger partial charge in [0.25, 0.3) is 0 Å². The molecule has 0 unspecified atom stereocenters. The van der Waals surface area contributed by atoms with Gasteiger partial charge in [-0.15, -0.1) is 0 Å². The molecule has 1 spiro atoms. The Labute approximate surface area is 172 Å². The van der Waals surface area contributed by atoms with Crippen LogP contribution in [0.3, 0.4) is 0 Å². The molecule has 1 aromatic carbocycles. The highest BCUT2D eigenvalue weighted by atomic mass is 35.5. The molecule has 0 aliphatic carbocycles. The first-order valence-corrected chi connectivity index (χ1v) is 9.85. The van der Waals surface area contributed by atoms with Crippen molar-refractivity contribution >= 4 is 41.0 Å². The summed E-state index contributed by atoms with van der Waals surface area (Å²) in [6.45, 7) is 5.28. The zero-order valence-corrected chi connectivity index (χ0v) is 17.0. The van der Waals surface area contributed by atoms with E-state index >= 15 is 0 Å². The lowest BCUT2D eigenvalue weighted by Gasteiger charge is -2.34. The second-order valence-electron chi connectivity index (χ2n) is 8.82. The van der Waals surface area contributed by atoms with Crippen LogP contribution in [0, 0.1) is 11.8 Å². The number of carboxylic acid groups (broad SMARTS) is 1. The number of likely N-dealkylation sites (tertiary alicyclic amines) is 1. The van der Waals surface area contributed by atoms with Crippen LogP contribution in [0.2, 0.25) is 5.02 Å². The van der Waals surface area contributed by atoms with Gasteiger partial charge in [-0.05, 0) is 45.4 Å². The summed E-state index contributed by atoms with van der Waals surface area (Å²) in [4.78, 5) is 52.3. The van der Waals surface area contributed by atoms with Crippen LogP contribution in [0.25, 0.3) is 0 Å². The molecular formula is C20H22ClN3O5. The van der Waals surface area contributed by atoms with E-state index in [1.54, 1.807) is 39.0 Å². The van der Waals surface area contributed by atoms with Gasteiger partial charge in [0.15, 0.2) is 0 Å². The number of carboxylic acids is 1. The Kier molecular flexibility index (Phi) is 4.29. The van der Waals surface area contributed by atoms with Gasteiger partial charge in [0.2, 0.25) is 17.7 Å². The topological polar surface area (TPSA) is 116 Å². The molecule has 2 saturated heterocycles. The molecule has 3 N–H and O–H groups in total. The molecule has 1 aromatic rings. The molecular weight excluding hydrogens is 398 g/mol. The summed E-state index contributed by atoms with van der Waals surface area (Å²) in [6.07, 6.45) is -0.0591. The number of benzene rings is 1. The fourth-order valence-corrected chi connectivity index (χ4v) is 5.13. The van der Waals surface area contributed by atoms with E-state index in [9.17, 15) is 19.2 Å². The zero-order valence-electron chi connectivity index (χ0n) is 16.3. The number of carbonyl (C=O) groups is 4. The van der Waals surface area contributed by atoms with Crippen LogP contribution in [-0.2, 0) is 24.7 Å². The van der Waals surface area contributed by atoms with Crippen molar-refractivity contribution in [1.82, 2.24) is 10.2 Å². The summed E-state index contributed by atoms with van der Waals surface area (Å²) in [5.41, 5.74) is -1.18. The van der Waals surface area contributed by atoms with Gasteiger partial charge in [-0.25, -0.2) is 0 Å². The Morgan fingerprint density at radius 2 is 1.93 bits per heavy atom. The van der Waals surface area contributed by atoms with E-state index in [1.807, 2.05) is 0 Å². The van der Waals surface area contributed by atoms with Crippen molar-refractivity contribution in [3.8, 4) is 0 Å². The number of halogens is 1. The van der Waals surface area contributed by atoms with Crippen molar-refractivity contribution in [2.75, 3.05) is 5.32 Å². The first-order chi connectivity index (χ1) is 13.5. The molecule has 8 nitrogen and oxygen atoms in total. The number of nitrogens with one attached hydrogen (secondary N) is 2. The van der Waals surface area contributed by atoms with Crippen molar-refractivity contribution in [3.63, 3.8) is 0 Å². The number of carbonyl (C=O) groups excluding carboxylic acids is 3. The summed E-state index contributed by atoms with van der Waals surface area (Å²) >= 11 is 6.17. The Morgan fingerprint density at radius 3 is 2.55 bits per heavy atom. The number of rotatable bonds is 3. The van der Waals surface area contributed by atoms with Gasteiger partial charge >= 0.3 is 5.97 Å². The van der Waals surface area contributed by atoms with Gasteiger partial charge < -0.3 is 10.4 Å². The summed E-state index contributed by atoms with van der Waals surface area (Å²) < 4.78 is 0. The molecule has 4 atom stereocenters. The largest absolute Gasteiger partial charge is 0.481 e. The van der Waals surface area contributed by atoms with E-state index in [1.165, 1.54) is 4.90 Å². The monoisotopic (exact) mass is 419 g/mol. The van der Waals surface area contributed by atoms with Gasteiger partial charge in [0.1, 0.15) is 5.54 Å². The fraction of sp³-hybridized carbons (Fsp3) is 0.500. The molecule has 9 heteroatoms. The quantitative estimate of drug-likeness (QED) is 0.642. The van der Waals surface area contributed by atoms with Crippen molar-refractivity contribution < 1.29 is 24.3 Å². The van der Waals surface area contributed by atoms with Crippen molar-refractivity contribution in [2.45, 2.75) is 50.7 Å². The predicted molar refractivity (Wildman–Crippen MR) is 104 cm³/mol. The maximum absolute atomic E-state index is 13.5. The van der Waals surface area contributed by atoms with E-state index in [2.05, 4.69) is 10.6 Å². The van der Waals surface area contributed by atoms with Crippen LogP contribution in [0.4, 0.5) is 5.69 Å². The minimum atomic E-state index is -1.46. The number of hydrogen-bond acceptors (Lipinski definition) is 5. The Morgan fingerprint density at radius 1 is 1.24 bits per heavy atom. The number of imide groups is 1. The van der Waals surface area contributed by atoms with Gasteiger partial charge in [0, 0.05) is 34.3 Å². The van der Waals surface area contributed by atoms with Crippen LogP contribution in [-0.4, -0.2) is 45.3 Å². The third kappa shape index (κ3) is 2.69. The van der Waals surface area contributed by atoms with E-state index in [0.29, 0.717) is 16.3 Å². The van der Waals surface area contributed by atoms with Gasteiger partial charge in [-0.2, -0.15) is 0 Å². The van der Waals surface area contributed by atoms with Crippen LogP contribution >= 0.6 is 11.6 Å². The van der Waals surface area contributed by atoms with Crippen LogP contribution < -0.4 is 10.6 Å². The standard InChI is InChI=1S/C20H22ClN3O5/c1-19(2,3)24-16(27)14-12(6-7-13(25)26)23-20(15(14)17(24)28)10-8-9(21)4-5-11(10)22-18(20)29/h4-5,8,12,14-15,23H,6-7H2,1-3H3,(H,22,29)(H,25,26)/t12-,14+,15+,20-/m0/s1. The predicted octanol–water partition coefficient (Wildman–Crippen LogP) is 1.72. The van der Waals surface area contributed by atoms with Gasteiger partial charge in [-0.3, -0.25) is 29.4 Å². The lowest BCUT2D eigenvalue weighted by atomic mass is 9.76. The average Bonchev–Trinajstić information content (AvgIpc) is 3.18. The minimum absolute atomic E-state index is 0.123. The summed E-state index contributed by atoms with van der Waals surface area (Å²) in [7, 11) is 0. The zero-order chi connectivity index (χ0) is 21.3. The lowest BCUT2D eigenvalue weighted by molar-refractivity contribution is -0.148. The van der Waals surface area contributed by atoms with Gasteiger partial charge in [0.05, 0.1) is 11.8 Å². The molecule has 0 aromatic heterocycles. The molecule has 3 heterocycles. The molecule has 0 bridgehead atoms. The molecule has 154 valence electrons.